The third-order valence-corrected chi connectivity index (χ3v) is 4.88. The van der Waals surface area contributed by atoms with Gasteiger partial charge in [0.25, 0.3) is 0 Å². The molecule has 0 spiro atoms. The Balaban J connectivity index is 2.00. The van der Waals surface area contributed by atoms with Gasteiger partial charge in [0, 0.05) is 22.7 Å². The highest BCUT2D eigenvalue weighted by molar-refractivity contribution is 5.94. The fourth-order valence-electron chi connectivity index (χ4n) is 3.15. The van der Waals surface area contributed by atoms with E-state index in [0.29, 0.717) is 5.92 Å². The van der Waals surface area contributed by atoms with Gasteiger partial charge in [-0.25, -0.2) is 4.98 Å². The minimum absolute atomic E-state index is 0.206. The van der Waals surface area contributed by atoms with E-state index in [1.54, 1.807) is 0 Å². The quantitative estimate of drug-likeness (QED) is 0.680. The van der Waals surface area contributed by atoms with Crippen molar-refractivity contribution in [1.29, 1.82) is 0 Å². The number of hydrogen-bond acceptors (Lipinski definition) is 3. The van der Waals surface area contributed by atoms with Crippen molar-refractivity contribution in [3.8, 4) is 11.3 Å². The molecule has 4 nitrogen and oxygen atoms in total. The van der Waals surface area contributed by atoms with Gasteiger partial charge >= 0.3 is 0 Å². The second-order valence-corrected chi connectivity index (χ2v) is 6.94. The zero-order chi connectivity index (χ0) is 17.3. The molecule has 2 atom stereocenters. The van der Waals surface area contributed by atoms with Crippen LogP contribution in [0.25, 0.3) is 22.2 Å². The van der Waals surface area contributed by atoms with Crippen molar-refractivity contribution in [1.82, 2.24) is 14.9 Å². The van der Waals surface area contributed by atoms with Crippen LogP contribution in [-0.2, 0) is 0 Å². The molecular weight excluding hydrogens is 298 g/mol. The van der Waals surface area contributed by atoms with Crippen LogP contribution >= 0.6 is 0 Å². The molecule has 3 rings (SSSR count). The third kappa shape index (κ3) is 3.11. The lowest BCUT2D eigenvalue weighted by Gasteiger charge is -2.23. The van der Waals surface area contributed by atoms with Crippen LogP contribution in [-0.4, -0.2) is 29.0 Å². The first-order valence-corrected chi connectivity index (χ1v) is 8.71. The summed E-state index contributed by atoms with van der Waals surface area (Å²) in [7, 11) is 4.19. The summed E-state index contributed by atoms with van der Waals surface area (Å²) in [5.41, 5.74) is 3.15. The lowest BCUT2D eigenvalue weighted by Crippen LogP contribution is -2.22. The normalized spacial score (nSPS) is 14.4. The van der Waals surface area contributed by atoms with Gasteiger partial charge in [0.1, 0.15) is 0 Å². The van der Waals surface area contributed by atoms with Gasteiger partial charge in [-0.2, -0.15) is 0 Å². The summed E-state index contributed by atoms with van der Waals surface area (Å²) in [6.07, 6.45) is 4.23. The van der Waals surface area contributed by atoms with Gasteiger partial charge in [0.2, 0.25) is 5.89 Å². The van der Waals surface area contributed by atoms with Crippen molar-refractivity contribution >= 4 is 10.9 Å². The number of nitrogens with zero attached hydrogens (tertiary/aromatic N) is 2. The van der Waals surface area contributed by atoms with E-state index in [2.05, 4.69) is 56.0 Å². The minimum atomic E-state index is 0.206. The van der Waals surface area contributed by atoms with Crippen LogP contribution in [0.2, 0.25) is 0 Å². The standard InChI is InChI=1S/C20H27N3O/c1-6-13(2)11-18(23(4)5)20-22-14(3)19(24-20)16-12-21-17-10-8-7-9-15(16)17/h7-10,12-13,18,21H,6,11H2,1-5H3/t13-,18+/m0/s1. The first-order valence-electron chi connectivity index (χ1n) is 8.71. The van der Waals surface area contributed by atoms with Crippen LogP contribution in [0.3, 0.4) is 0 Å². The molecule has 0 aliphatic heterocycles. The molecule has 0 amide bonds. The largest absolute Gasteiger partial charge is 0.439 e. The Morgan fingerprint density at radius 2 is 2.00 bits per heavy atom. The van der Waals surface area contributed by atoms with Crippen LogP contribution in [0, 0.1) is 12.8 Å². The Hall–Kier alpha value is -2.07. The molecule has 0 fully saturated rings. The van der Waals surface area contributed by atoms with Crippen LogP contribution in [0.1, 0.15) is 44.3 Å². The lowest BCUT2D eigenvalue weighted by molar-refractivity contribution is 0.213. The average molecular weight is 325 g/mol. The van der Waals surface area contributed by atoms with E-state index >= 15 is 0 Å². The Bertz CT molecular complexity index is 815. The molecule has 1 N–H and O–H groups in total. The summed E-state index contributed by atoms with van der Waals surface area (Å²) in [6.45, 7) is 6.54. The molecule has 0 bridgehead atoms. The molecule has 0 radical (unpaired) electrons. The smallest absolute Gasteiger partial charge is 0.212 e. The predicted molar refractivity (Wildman–Crippen MR) is 99.0 cm³/mol. The first-order chi connectivity index (χ1) is 11.5. The molecule has 0 unspecified atom stereocenters. The molecule has 4 heteroatoms. The number of nitrogens with one attached hydrogen (secondary N) is 1. The Kier molecular flexibility index (Phi) is 4.76. The van der Waals surface area contributed by atoms with Crippen molar-refractivity contribution < 1.29 is 4.42 Å². The van der Waals surface area contributed by atoms with E-state index in [1.807, 2.05) is 19.2 Å². The molecule has 24 heavy (non-hydrogen) atoms. The van der Waals surface area contributed by atoms with Crippen molar-refractivity contribution in [3.63, 3.8) is 0 Å². The van der Waals surface area contributed by atoms with E-state index in [4.69, 9.17) is 9.40 Å². The number of benzene rings is 1. The van der Waals surface area contributed by atoms with Crippen molar-refractivity contribution in [3.05, 3.63) is 42.0 Å². The van der Waals surface area contributed by atoms with Crippen molar-refractivity contribution in [2.75, 3.05) is 14.1 Å². The highest BCUT2D eigenvalue weighted by Gasteiger charge is 2.24. The molecule has 0 saturated heterocycles. The molecule has 2 aromatic heterocycles. The van der Waals surface area contributed by atoms with Crippen LogP contribution in [0.15, 0.2) is 34.9 Å². The van der Waals surface area contributed by atoms with E-state index in [0.717, 1.165) is 34.8 Å². The van der Waals surface area contributed by atoms with Crippen LogP contribution in [0.5, 0.6) is 0 Å². The Morgan fingerprint density at radius 1 is 1.25 bits per heavy atom. The monoisotopic (exact) mass is 325 g/mol. The summed E-state index contributed by atoms with van der Waals surface area (Å²) in [5, 5.41) is 1.17. The van der Waals surface area contributed by atoms with Gasteiger partial charge in [0.15, 0.2) is 5.76 Å². The summed E-state index contributed by atoms with van der Waals surface area (Å²) in [6, 6.07) is 8.49. The van der Waals surface area contributed by atoms with Gasteiger partial charge in [-0.3, -0.25) is 4.90 Å². The number of rotatable bonds is 6. The number of H-pyrrole nitrogens is 1. The van der Waals surface area contributed by atoms with E-state index in [-0.39, 0.29) is 6.04 Å². The lowest BCUT2D eigenvalue weighted by atomic mass is 9.99. The second kappa shape index (κ2) is 6.81. The molecule has 0 saturated carbocycles. The molecule has 128 valence electrons. The number of aromatic nitrogens is 2. The topological polar surface area (TPSA) is 45.1 Å². The highest BCUT2D eigenvalue weighted by atomic mass is 16.4. The Morgan fingerprint density at radius 3 is 2.71 bits per heavy atom. The molecule has 0 aliphatic rings. The maximum Gasteiger partial charge on any atom is 0.212 e. The SMILES string of the molecule is CC[C@H](C)C[C@H](c1nc(C)c(-c2c[nH]c3ccccc23)o1)N(C)C. The number of fused-ring (bicyclic) bond motifs is 1. The molecule has 0 aliphatic carbocycles. The summed E-state index contributed by atoms with van der Waals surface area (Å²) in [4.78, 5) is 10.3. The van der Waals surface area contributed by atoms with Gasteiger partial charge in [0.05, 0.1) is 11.7 Å². The fraction of sp³-hybridized carbons (Fsp3) is 0.450. The Labute approximate surface area is 143 Å². The fourth-order valence-corrected chi connectivity index (χ4v) is 3.15. The van der Waals surface area contributed by atoms with Gasteiger partial charge in [-0.15, -0.1) is 0 Å². The van der Waals surface area contributed by atoms with Gasteiger partial charge < -0.3 is 9.40 Å². The zero-order valence-electron chi connectivity index (χ0n) is 15.3. The average Bonchev–Trinajstić information content (AvgIpc) is 3.15. The van der Waals surface area contributed by atoms with E-state index < -0.39 is 0 Å². The summed E-state index contributed by atoms with van der Waals surface area (Å²) in [5.74, 6) is 2.33. The minimum Gasteiger partial charge on any atom is -0.439 e. The zero-order valence-corrected chi connectivity index (χ0v) is 15.3. The van der Waals surface area contributed by atoms with Crippen molar-refractivity contribution in [2.45, 2.75) is 39.7 Å². The molecule has 2 heterocycles. The molecule has 3 aromatic rings. The second-order valence-electron chi connectivity index (χ2n) is 6.94. The predicted octanol–water partition coefficient (Wildman–Crippen LogP) is 5.17. The number of aromatic amines is 1. The van der Waals surface area contributed by atoms with Crippen LogP contribution in [0.4, 0.5) is 0 Å². The van der Waals surface area contributed by atoms with Gasteiger partial charge in [-0.05, 0) is 39.4 Å². The number of aryl methyl sites for hydroxylation is 1. The van der Waals surface area contributed by atoms with Crippen molar-refractivity contribution in [2.24, 2.45) is 5.92 Å². The summed E-state index contributed by atoms with van der Waals surface area (Å²) >= 11 is 0. The third-order valence-electron chi connectivity index (χ3n) is 4.88. The summed E-state index contributed by atoms with van der Waals surface area (Å²) < 4.78 is 6.26. The molecular formula is C20H27N3O. The van der Waals surface area contributed by atoms with Crippen LogP contribution < -0.4 is 0 Å². The highest BCUT2D eigenvalue weighted by Crippen LogP contribution is 2.35. The maximum atomic E-state index is 6.26. The first kappa shape index (κ1) is 16.8. The molecule has 1 aromatic carbocycles. The maximum absolute atomic E-state index is 6.26. The number of oxazole rings is 1. The number of hydrogen-bond donors (Lipinski definition) is 1. The van der Waals surface area contributed by atoms with E-state index in [1.165, 1.54) is 11.8 Å². The van der Waals surface area contributed by atoms with Gasteiger partial charge in [-0.1, -0.05) is 38.5 Å². The van der Waals surface area contributed by atoms with E-state index in [9.17, 15) is 0 Å². The number of para-hydroxylation sites is 1.